The summed E-state index contributed by atoms with van der Waals surface area (Å²) in [4.78, 5) is 13.1. The molecule has 0 saturated carbocycles. The number of carbonyl (C=O) groups is 1. The van der Waals surface area contributed by atoms with E-state index < -0.39 is 6.23 Å². The smallest absolute Gasteiger partial charge is 0.224 e. The molecule has 1 amide bonds. The van der Waals surface area contributed by atoms with Crippen molar-refractivity contribution in [1.82, 2.24) is 4.90 Å². The van der Waals surface area contributed by atoms with Gasteiger partial charge in [-0.05, 0) is 39.0 Å². The summed E-state index contributed by atoms with van der Waals surface area (Å²) in [5.74, 6) is 0.0441. The zero-order valence-corrected chi connectivity index (χ0v) is 16.4. The number of hydrogen-bond donors (Lipinski definition) is 1. The molecule has 0 aliphatic carbocycles. The van der Waals surface area contributed by atoms with Crippen LogP contribution in [0.4, 0.5) is 0 Å². The van der Waals surface area contributed by atoms with Gasteiger partial charge in [0.15, 0.2) is 0 Å². The molecule has 0 fully saturated rings. The van der Waals surface area contributed by atoms with Crippen LogP contribution in [0.25, 0.3) is 0 Å². The molecule has 0 aliphatic heterocycles. The molecule has 0 heterocycles. The molecular weight excluding hydrogens is 298 g/mol. The molecule has 3 nitrogen and oxygen atoms in total. The van der Waals surface area contributed by atoms with Gasteiger partial charge in [-0.25, -0.2) is 0 Å². The summed E-state index contributed by atoms with van der Waals surface area (Å²) in [6, 6.07) is 0. The third-order valence-corrected chi connectivity index (χ3v) is 4.61. The Balaban J connectivity index is 3.27. The Morgan fingerprint density at radius 3 is 1.83 bits per heavy atom. The molecule has 0 bridgehead atoms. The Labute approximate surface area is 150 Å². The standard InChI is InChI=1S/C21H41NO2/c1-4-5-6-7-8-9-10-11-12-13-14-15-16-17-18-19-21(24)22(3)20(2)23/h11-12,20,23H,4-10,13-19H2,1-3H3/b12-11-. The van der Waals surface area contributed by atoms with Crippen molar-refractivity contribution in [1.29, 1.82) is 0 Å². The number of aliphatic hydroxyl groups is 1. The number of unbranched alkanes of at least 4 members (excludes halogenated alkanes) is 11. The topological polar surface area (TPSA) is 40.5 Å². The summed E-state index contributed by atoms with van der Waals surface area (Å²) in [7, 11) is 1.66. The lowest BCUT2D eigenvalue weighted by molar-refractivity contribution is -0.137. The van der Waals surface area contributed by atoms with E-state index in [1.165, 1.54) is 75.5 Å². The van der Waals surface area contributed by atoms with Crippen molar-refractivity contribution in [3.8, 4) is 0 Å². The minimum atomic E-state index is -0.680. The summed E-state index contributed by atoms with van der Waals surface area (Å²) in [6.07, 6.45) is 21.0. The molecule has 1 unspecified atom stereocenters. The molecule has 0 aliphatic rings. The van der Waals surface area contributed by atoms with Crippen molar-refractivity contribution in [3.05, 3.63) is 12.2 Å². The second-order valence-electron chi connectivity index (χ2n) is 6.97. The molecule has 24 heavy (non-hydrogen) atoms. The van der Waals surface area contributed by atoms with Crippen molar-refractivity contribution in [2.24, 2.45) is 0 Å². The third-order valence-electron chi connectivity index (χ3n) is 4.61. The average molecular weight is 340 g/mol. The number of aliphatic hydroxyl groups excluding tert-OH is 1. The predicted molar refractivity (Wildman–Crippen MR) is 104 cm³/mol. The van der Waals surface area contributed by atoms with Crippen LogP contribution in [0.1, 0.15) is 104 Å². The van der Waals surface area contributed by atoms with Gasteiger partial charge in [0, 0.05) is 13.5 Å². The van der Waals surface area contributed by atoms with Crippen molar-refractivity contribution in [3.63, 3.8) is 0 Å². The van der Waals surface area contributed by atoms with Gasteiger partial charge in [-0.2, -0.15) is 0 Å². The molecule has 1 atom stereocenters. The first-order chi connectivity index (χ1) is 11.6. The number of allylic oxidation sites excluding steroid dienone is 2. The number of carbonyl (C=O) groups excluding carboxylic acids is 1. The fourth-order valence-corrected chi connectivity index (χ4v) is 2.73. The molecule has 0 radical (unpaired) electrons. The summed E-state index contributed by atoms with van der Waals surface area (Å²) in [5.41, 5.74) is 0. The van der Waals surface area contributed by atoms with Crippen LogP contribution in [0.15, 0.2) is 12.2 Å². The molecule has 1 N–H and O–H groups in total. The van der Waals surface area contributed by atoms with Crippen LogP contribution in [0.3, 0.4) is 0 Å². The quantitative estimate of drug-likeness (QED) is 0.219. The SMILES string of the molecule is CCCCCCCC/C=C\CCCCCCCC(=O)N(C)C(C)O. The molecule has 0 aromatic heterocycles. The Morgan fingerprint density at radius 1 is 0.875 bits per heavy atom. The van der Waals surface area contributed by atoms with E-state index in [-0.39, 0.29) is 5.91 Å². The van der Waals surface area contributed by atoms with Crippen molar-refractivity contribution in [2.75, 3.05) is 7.05 Å². The monoisotopic (exact) mass is 339 g/mol. The molecule has 0 spiro atoms. The van der Waals surface area contributed by atoms with Gasteiger partial charge < -0.3 is 10.0 Å². The van der Waals surface area contributed by atoms with E-state index in [0.29, 0.717) is 6.42 Å². The molecule has 0 rings (SSSR count). The normalized spacial score (nSPS) is 12.7. The van der Waals surface area contributed by atoms with Gasteiger partial charge >= 0.3 is 0 Å². The molecule has 142 valence electrons. The van der Waals surface area contributed by atoms with E-state index in [1.54, 1.807) is 14.0 Å². The number of hydrogen-bond acceptors (Lipinski definition) is 2. The van der Waals surface area contributed by atoms with E-state index >= 15 is 0 Å². The highest BCUT2D eigenvalue weighted by atomic mass is 16.3. The first-order valence-corrected chi connectivity index (χ1v) is 10.2. The predicted octanol–water partition coefficient (Wildman–Crippen LogP) is 5.82. The van der Waals surface area contributed by atoms with Crippen LogP contribution < -0.4 is 0 Å². The lowest BCUT2D eigenvalue weighted by Gasteiger charge is -2.20. The largest absolute Gasteiger partial charge is 0.374 e. The Hall–Kier alpha value is -0.830. The Kier molecular flexibility index (Phi) is 16.4. The second kappa shape index (κ2) is 17.0. The van der Waals surface area contributed by atoms with Gasteiger partial charge in [0.1, 0.15) is 6.23 Å². The van der Waals surface area contributed by atoms with Crippen LogP contribution in [0, 0.1) is 0 Å². The third kappa shape index (κ3) is 14.7. The van der Waals surface area contributed by atoms with Crippen molar-refractivity contribution >= 4 is 5.91 Å². The van der Waals surface area contributed by atoms with Gasteiger partial charge in [-0.3, -0.25) is 4.79 Å². The van der Waals surface area contributed by atoms with E-state index in [4.69, 9.17) is 0 Å². The lowest BCUT2D eigenvalue weighted by Crippen LogP contribution is -2.34. The summed E-state index contributed by atoms with van der Waals surface area (Å²) in [6.45, 7) is 3.89. The van der Waals surface area contributed by atoms with Gasteiger partial charge in [0.25, 0.3) is 0 Å². The van der Waals surface area contributed by atoms with Crippen molar-refractivity contribution < 1.29 is 9.90 Å². The van der Waals surface area contributed by atoms with E-state index in [9.17, 15) is 9.90 Å². The number of nitrogens with zero attached hydrogens (tertiary/aromatic N) is 1. The van der Waals surface area contributed by atoms with Gasteiger partial charge in [0.2, 0.25) is 5.91 Å². The van der Waals surface area contributed by atoms with Crippen LogP contribution in [-0.4, -0.2) is 29.2 Å². The molecule has 3 heteroatoms. The molecule has 0 saturated heterocycles. The maximum absolute atomic E-state index is 11.7. The molecule has 0 aromatic carbocycles. The molecular formula is C21H41NO2. The first kappa shape index (κ1) is 23.2. The highest BCUT2D eigenvalue weighted by molar-refractivity contribution is 5.75. The van der Waals surface area contributed by atoms with E-state index in [1.807, 2.05) is 0 Å². The maximum atomic E-state index is 11.7. The van der Waals surface area contributed by atoms with Gasteiger partial charge in [0.05, 0.1) is 0 Å². The Bertz CT molecular complexity index is 313. The van der Waals surface area contributed by atoms with Crippen LogP contribution >= 0.6 is 0 Å². The van der Waals surface area contributed by atoms with Crippen LogP contribution in [0.2, 0.25) is 0 Å². The number of amides is 1. The summed E-state index contributed by atoms with van der Waals surface area (Å²) < 4.78 is 0. The van der Waals surface area contributed by atoms with Gasteiger partial charge in [-0.15, -0.1) is 0 Å². The highest BCUT2D eigenvalue weighted by Crippen LogP contribution is 2.10. The second-order valence-corrected chi connectivity index (χ2v) is 6.97. The average Bonchev–Trinajstić information content (AvgIpc) is 2.57. The maximum Gasteiger partial charge on any atom is 0.224 e. The minimum Gasteiger partial charge on any atom is -0.374 e. The molecule has 0 aromatic rings. The summed E-state index contributed by atoms with van der Waals surface area (Å²) >= 11 is 0. The van der Waals surface area contributed by atoms with Crippen molar-refractivity contribution in [2.45, 2.75) is 110 Å². The van der Waals surface area contributed by atoms with Crippen LogP contribution in [0.5, 0.6) is 0 Å². The first-order valence-electron chi connectivity index (χ1n) is 10.2. The zero-order chi connectivity index (χ0) is 18.0. The lowest BCUT2D eigenvalue weighted by atomic mass is 10.1. The van der Waals surface area contributed by atoms with E-state index in [0.717, 1.165) is 12.8 Å². The van der Waals surface area contributed by atoms with Crippen LogP contribution in [-0.2, 0) is 4.79 Å². The fraction of sp³-hybridized carbons (Fsp3) is 0.857. The van der Waals surface area contributed by atoms with Gasteiger partial charge in [-0.1, -0.05) is 70.4 Å². The zero-order valence-electron chi connectivity index (χ0n) is 16.4. The highest BCUT2D eigenvalue weighted by Gasteiger charge is 2.11. The minimum absolute atomic E-state index is 0.0441. The van der Waals surface area contributed by atoms with E-state index in [2.05, 4.69) is 19.1 Å². The Morgan fingerprint density at radius 2 is 1.33 bits per heavy atom. The fourth-order valence-electron chi connectivity index (χ4n) is 2.73. The summed E-state index contributed by atoms with van der Waals surface area (Å²) in [5, 5.41) is 9.32. The number of rotatable bonds is 16.